The Morgan fingerprint density at radius 1 is 0.795 bits per heavy atom. The van der Waals surface area contributed by atoms with E-state index >= 15 is 0 Å². The van der Waals surface area contributed by atoms with E-state index in [0.717, 1.165) is 48.4 Å². The highest BCUT2D eigenvalue weighted by Gasteiger charge is 2.68. The van der Waals surface area contributed by atoms with Crippen LogP contribution in [0.25, 0.3) is 10.8 Å². The number of allylic oxidation sites excluding steroid dienone is 2. The highest BCUT2D eigenvalue weighted by atomic mass is 16.3. The van der Waals surface area contributed by atoms with Crippen molar-refractivity contribution in [1.82, 2.24) is 4.90 Å². The van der Waals surface area contributed by atoms with Gasteiger partial charge in [0.2, 0.25) is 23.6 Å². The lowest BCUT2D eigenvalue weighted by atomic mass is 9.51. The van der Waals surface area contributed by atoms with E-state index < -0.39 is 29.1 Å². The van der Waals surface area contributed by atoms with Gasteiger partial charge in [-0.15, -0.1) is 0 Å². The first-order chi connectivity index (χ1) is 21.3. The van der Waals surface area contributed by atoms with Crippen LogP contribution in [0.15, 0.2) is 78.4 Å². The van der Waals surface area contributed by atoms with Crippen LogP contribution in [-0.2, 0) is 19.2 Å². The molecular weight excluding hydrogens is 552 g/mol. The number of benzene rings is 3. The lowest BCUT2D eigenvalue weighted by Crippen LogP contribution is -2.49. The van der Waals surface area contributed by atoms with Crippen molar-refractivity contribution in [2.75, 3.05) is 4.90 Å². The van der Waals surface area contributed by atoms with E-state index in [2.05, 4.69) is 6.08 Å². The fraction of sp³-hybridized carbons (Fsp3) is 0.405. The predicted molar refractivity (Wildman–Crippen MR) is 165 cm³/mol. The second-order valence-corrected chi connectivity index (χ2v) is 13.6. The molecule has 6 unspecified atom stereocenters. The maximum atomic E-state index is 14.6. The zero-order chi connectivity index (χ0) is 30.3. The second-order valence-electron chi connectivity index (χ2n) is 13.6. The van der Waals surface area contributed by atoms with E-state index in [1.165, 1.54) is 4.90 Å². The van der Waals surface area contributed by atoms with E-state index in [-0.39, 0.29) is 41.3 Å². The number of hydrogen-bond acceptors (Lipinski definition) is 5. The first-order valence-electron chi connectivity index (χ1n) is 16.0. The monoisotopic (exact) mass is 588 g/mol. The minimum atomic E-state index is -1.20. The molecule has 5 aliphatic rings. The molecule has 44 heavy (non-hydrogen) atoms. The fourth-order valence-electron chi connectivity index (χ4n) is 9.46. The molecule has 1 N–H and O–H groups in total. The van der Waals surface area contributed by atoms with Crippen molar-refractivity contribution in [2.24, 2.45) is 29.1 Å². The second kappa shape index (κ2) is 9.88. The van der Waals surface area contributed by atoms with Gasteiger partial charge in [-0.25, -0.2) is 4.90 Å². The van der Waals surface area contributed by atoms with Gasteiger partial charge in [-0.2, -0.15) is 0 Å². The quantitative estimate of drug-likeness (QED) is 0.294. The number of rotatable bonds is 3. The van der Waals surface area contributed by atoms with Crippen LogP contribution >= 0.6 is 0 Å². The molecule has 2 aliphatic heterocycles. The van der Waals surface area contributed by atoms with Gasteiger partial charge in [0.15, 0.2) is 0 Å². The van der Waals surface area contributed by atoms with Crippen LogP contribution in [0.3, 0.4) is 0 Å². The maximum absolute atomic E-state index is 14.6. The van der Waals surface area contributed by atoms with Crippen LogP contribution in [0.5, 0.6) is 5.75 Å². The van der Waals surface area contributed by atoms with Crippen molar-refractivity contribution in [1.29, 1.82) is 0 Å². The number of hydrogen-bond donors (Lipinski definition) is 1. The molecule has 7 nitrogen and oxygen atoms in total. The Hall–Kier alpha value is -4.26. The highest BCUT2D eigenvalue weighted by Crippen LogP contribution is 2.65. The van der Waals surface area contributed by atoms with Crippen LogP contribution in [0, 0.1) is 29.1 Å². The summed E-state index contributed by atoms with van der Waals surface area (Å²) in [4.78, 5) is 60.0. The minimum absolute atomic E-state index is 0.0622. The first-order valence-corrected chi connectivity index (χ1v) is 16.0. The molecule has 0 aromatic heterocycles. The van der Waals surface area contributed by atoms with Crippen molar-refractivity contribution in [3.63, 3.8) is 0 Å². The Bertz CT molecular complexity index is 1760. The Morgan fingerprint density at radius 3 is 2.30 bits per heavy atom. The number of carbonyl (C=O) groups excluding carboxylic acids is 4. The molecule has 224 valence electrons. The molecule has 4 fully saturated rings. The van der Waals surface area contributed by atoms with E-state index in [9.17, 15) is 24.3 Å². The normalized spacial score (nSPS) is 32.1. The van der Waals surface area contributed by atoms with E-state index in [0.29, 0.717) is 24.1 Å². The van der Waals surface area contributed by atoms with Crippen molar-refractivity contribution in [3.05, 3.63) is 83.9 Å². The van der Waals surface area contributed by atoms with Crippen LogP contribution in [0.4, 0.5) is 5.69 Å². The Morgan fingerprint density at radius 2 is 1.52 bits per heavy atom. The number of aromatic hydroxyl groups is 1. The van der Waals surface area contributed by atoms with E-state index in [1.54, 1.807) is 23.1 Å². The molecule has 7 heteroatoms. The van der Waals surface area contributed by atoms with Gasteiger partial charge in [0.25, 0.3) is 0 Å². The standard InChI is InChI=1S/C37H36N2O5/c1-37-28(34(42)39(36(37)44)23-13-6-3-7-14-23)20-27-25(32(37)31-24-15-9-8-10-21(24)16-19-29(31)40)17-18-26-30(27)35(43)38(33(26)41)22-11-4-2-5-12-22/h3,6-10,13-17,19,22,26-28,30,32,40H,2,4-5,11-12,18,20H2,1H3. The largest absolute Gasteiger partial charge is 0.508 e. The molecule has 3 aromatic rings. The molecule has 0 radical (unpaired) electrons. The van der Waals surface area contributed by atoms with Gasteiger partial charge >= 0.3 is 0 Å². The van der Waals surface area contributed by atoms with E-state index in [4.69, 9.17) is 0 Å². The first kappa shape index (κ1) is 27.3. The molecule has 2 saturated heterocycles. The highest BCUT2D eigenvalue weighted by molar-refractivity contribution is 6.24. The number of amides is 4. The number of anilines is 1. The van der Waals surface area contributed by atoms with Gasteiger partial charge in [-0.05, 0) is 67.5 Å². The van der Waals surface area contributed by atoms with Crippen molar-refractivity contribution in [3.8, 4) is 5.75 Å². The number of phenolic OH excluding ortho intramolecular Hbond substituents is 1. The lowest BCUT2D eigenvalue weighted by molar-refractivity contribution is -0.144. The van der Waals surface area contributed by atoms with Gasteiger partial charge in [0.05, 0.1) is 28.9 Å². The number of imide groups is 2. The summed E-state index contributed by atoms with van der Waals surface area (Å²) in [7, 11) is 0. The van der Waals surface area contributed by atoms with E-state index in [1.807, 2.05) is 55.5 Å². The lowest BCUT2D eigenvalue weighted by Gasteiger charge is -2.49. The van der Waals surface area contributed by atoms with Crippen LogP contribution in [-0.4, -0.2) is 39.7 Å². The number of likely N-dealkylation sites (tertiary alicyclic amines) is 1. The number of carbonyl (C=O) groups is 4. The third-order valence-electron chi connectivity index (χ3n) is 11.5. The summed E-state index contributed by atoms with van der Waals surface area (Å²) in [6, 6.07) is 20.2. The minimum Gasteiger partial charge on any atom is -0.508 e. The van der Waals surface area contributed by atoms with Gasteiger partial charge in [0, 0.05) is 17.5 Å². The third kappa shape index (κ3) is 3.61. The summed E-state index contributed by atoms with van der Waals surface area (Å²) in [5, 5.41) is 13.3. The Kier molecular flexibility index (Phi) is 6.13. The summed E-state index contributed by atoms with van der Waals surface area (Å²) in [6.45, 7) is 1.87. The number of phenols is 1. The van der Waals surface area contributed by atoms with Crippen molar-refractivity contribution >= 4 is 40.1 Å². The van der Waals surface area contributed by atoms with Gasteiger partial charge in [-0.3, -0.25) is 24.1 Å². The van der Waals surface area contributed by atoms with Gasteiger partial charge in [0.1, 0.15) is 5.75 Å². The van der Waals surface area contributed by atoms with Crippen molar-refractivity contribution < 1.29 is 24.3 Å². The average Bonchev–Trinajstić information content (AvgIpc) is 3.42. The topological polar surface area (TPSA) is 95.0 Å². The smallest absolute Gasteiger partial charge is 0.241 e. The summed E-state index contributed by atoms with van der Waals surface area (Å²) in [5.41, 5.74) is 0.837. The van der Waals surface area contributed by atoms with Crippen LogP contribution < -0.4 is 4.90 Å². The molecule has 0 bridgehead atoms. The van der Waals surface area contributed by atoms with Gasteiger partial charge in [-0.1, -0.05) is 79.4 Å². The fourth-order valence-corrected chi connectivity index (χ4v) is 9.46. The number of fused-ring (bicyclic) bond motifs is 5. The SMILES string of the molecule is CC12C(=O)N(c3ccccc3)C(=O)C1CC1C(=CCC3C(=O)N(C4CCCCC4)C(=O)C31)C2c1c(O)ccc2ccccc12. The summed E-state index contributed by atoms with van der Waals surface area (Å²) >= 11 is 0. The van der Waals surface area contributed by atoms with Crippen molar-refractivity contribution in [2.45, 2.75) is 63.8 Å². The molecule has 0 spiro atoms. The van der Waals surface area contributed by atoms with Gasteiger partial charge < -0.3 is 5.11 Å². The molecule has 3 aliphatic carbocycles. The molecule has 6 atom stereocenters. The molecule has 2 heterocycles. The molecule has 3 aromatic carbocycles. The number of para-hydroxylation sites is 1. The molecule has 4 amide bonds. The summed E-state index contributed by atoms with van der Waals surface area (Å²) < 4.78 is 0. The Labute approximate surface area is 256 Å². The molecule has 8 rings (SSSR count). The summed E-state index contributed by atoms with van der Waals surface area (Å²) in [6.07, 6.45) is 7.63. The molecule has 2 saturated carbocycles. The predicted octanol–water partition coefficient (Wildman–Crippen LogP) is 6.11. The average molecular weight is 589 g/mol. The zero-order valence-corrected chi connectivity index (χ0v) is 24.8. The maximum Gasteiger partial charge on any atom is 0.241 e. The Balaban J connectivity index is 1.31. The van der Waals surface area contributed by atoms with Crippen LogP contribution in [0.1, 0.15) is 63.4 Å². The number of nitrogens with zero attached hydrogens (tertiary/aromatic N) is 2. The third-order valence-corrected chi connectivity index (χ3v) is 11.5. The summed E-state index contributed by atoms with van der Waals surface area (Å²) in [5.74, 6) is -3.49. The molecular formula is C37H36N2O5. The zero-order valence-electron chi connectivity index (χ0n) is 24.8. The van der Waals surface area contributed by atoms with Crippen LogP contribution in [0.2, 0.25) is 0 Å².